The van der Waals surface area contributed by atoms with E-state index < -0.39 is 259 Å². The van der Waals surface area contributed by atoms with Gasteiger partial charge in [0.25, 0.3) is 0 Å². The van der Waals surface area contributed by atoms with Crippen molar-refractivity contribution in [1.82, 2.24) is 9.97 Å². The molecule has 3 heteroatoms. The van der Waals surface area contributed by atoms with Gasteiger partial charge < -0.3 is 0 Å². The van der Waals surface area contributed by atoms with E-state index in [2.05, 4.69) is 9.97 Å². The van der Waals surface area contributed by atoms with Crippen LogP contribution < -0.4 is 0 Å². The van der Waals surface area contributed by atoms with Crippen LogP contribution in [0.15, 0.2) is 181 Å². The van der Waals surface area contributed by atoms with Crippen LogP contribution in [0.5, 0.6) is 0 Å². The first-order valence-electron chi connectivity index (χ1n) is 29.8. The predicted octanol–water partition coefficient (Wildman–Crippen LogP) is 13.5. The number of hydrogen-bond acceptors (Lipinski definition) is 3. The van der Waals surface area contributed by atoms with E-state index in [0.717, 1.165) is 0 Å². The van der Waals surface area contributed by atoms with E-state index >= 15 is 0 Å². The Morgan fingerprint density at radius 3 is 1.73 bits per heavy atom. The van der Waals surface area contributed by atoms with Crippen molar-refractivity contribution < 1.29 is 41.1 Å². The molecule has 8 aromatic carbocycles. The maximum atomic E-state index is 10.0. The second-order valence-electron chi connectivity index (χ2n) is 10.6. The van der Waals surface area contributed by atoms with Crippen molar-refractivity contribution in [3.63, 3.8) is 0 Å². The summed E-state index contributed by atoms with van der Waals surface area (Å²) in [6.45, 7) is 0. The molecule has 10 aromatic rings. The van der Waals surface area contributed by atoms with Crippen LogP contribution in [0.4, 0.5) is 0 Å². The molecule has 0 amide bonds. The third-order valence-corrected chi connectivity index (χ3v) is 8.74. The Morgan fingerprint density at radius 1 is 0.373 bits per heavy atom. The van der Waals surface area contributed by atoms with Gasteiger partial charge in [-0.2, -0.15) is 0 Å². The molecule has 2 heterocycles. The maximum absolute atomic E-state index is 10.0. The van der Waals surface area contributed by atoms with Crippen molar-refractivity contribution in [3.8, 4) is 56.2 Å². The molecule has 0 aliphatic carbocycles. The maximum Gasteiger partial charge on any atom is 0.161 e. The fraction of sp³-hybridized carbons (Fsp3) is 0. The van der Waals surface area contributed by atoms with Gasteiger partial charge in [0.2, 0.25) is 0 Å². The minimum absolute atomic E-state index is 0.197. The quantitative estimate of drug-likeness (QED) is 0.179. The topological polar surface area (TPSA) is 25.8 Å². The first-order chi connectivity index (χ1) is 37.8. The van der Waals surface area contributed by atoms with Gasteiger partial charge in [-0.05, 0) is 68.6 Å². The molecule has 0 bridgehead atoms. The van der Waals surface area contributed by atoms with Crippen LogP contribution in [-0.2, 0) is 0 Å². The molecule has 0 unspecified atom stereocenters. The second-order valence-corrected chi connectivity index (χ2v) is 11.7. The van der Waals surface area contributed by atoms with E-state index in [1.165, 1.54) is 0 Å². The lowest BCUT2D eigenvalue weighted by Crippen LogP contribution is -1.97. The lowest BCUT2D eigenvalue weighted by molar-refractivity contribution is 1.19. The molecular weight excluding hydrogens is 637 g/mol. The van der Waals surface area contributed by atoms with Gasteiger partial charge in [0, 0.05) is 42.2 Å². The van der Waals surface area contributed by atoms with E-state index in [1.54, 1.807) is 0 Å². The summed E-state index contributed by atoms with van der Waals surface area (Å²) in [5.74, 6) is -0.942. The molecule has 0 radical (unpaired) electrons. The molecule has 238 valence electrons. The summed E-state index contributed by atoms with van der Waals surface area (Å²) in [6.07, 6.45) is 0. The van der Waals surface area contributed by atoms with E-state index in [9.17, 15) is 12.3 Å². The minimum Gasteiger partial charge on any atom is -0.228 e. The molecule has 2 aromatic heterocycles. The number of benzene rings is 8. The highest BCUT2D eigenvalue weighted by Crippen LogP contribution is 2.44. The van der Waals surface area contributed by atoms with Crippen LogP contribution in [-0.4, -0.2) is 9.97 Å². The Bertz CT molecular complexity index is 4560. The van der Waals surface area contributed by atoms with Crippen LogP contribution in [0.25, 0.3) is 97.9 Å². The van der Waals surface area contributed by atoms with Crippen LogP contribution >= 0.6 is 11.3 Å². The van der Waals surface area contributed by atoms with Gasteiger partial charge in [-0.3, -0.25) is 0 Å². The van der Waals surface area contributed by atoms with E-state index in [4.69, 9.17) is 28.8 Å². The minimum atomic E-state index is -1.13. The molecular formula is C48H30N2S. The summed E-state index contributed by atoms with van der Waals surface area (Å²) in [7, 11) is 0. The first-order valence-corrected chi connectivity index (χ1v) is 15.6. The van der Waals surface area contributed by atoms with Crippen molar-refractivity contribution in [2.24, 2.45) is 0 Å². The smallest absolute Gasteiger partial charge is 0.161 e. The Morgan fingerprint density at radius 2 is 0.941 bits per heavy atom. The second kappa shape index (κ2) is 12.2. The zero-order valence-electron chi connectivity index (χ0n) is 55.3. The normalized spacial score (nSPS) is 19.8. The van der Waals surface area contributed by atoms with E-state index in [1.807, 2.05) is 0 Å². The molecule has 51 heavy (non-hydrogen) atoms. The molecule has 0 saturated heterocycles. The largest absolute Gasteiger partial charge is 0.228 e. The lowest BCUT2D eigenvalue weighted by Gasteiger charge is -2.13. The summed E-state index contributed by atoms with van der Waals surface area (Å²) < 4.78 is 267. The molecule has 0 fully saturated rings. The van der Waals surface area contributed by atoms with Gasteiger partial charge in [-0.25, -0.2) is 9.97 Å². The molecule has 0 aliphatic rings. The molecule has 0 atom stereocenters. The highest BCUT2D eigenvalue weighted by atomic mass is 32.1. The van der Waals surface area contributed by atoms with Gasteiger partial charge in [0.15, 0.2) is 5.82 Å². The Kier molecular flexibility index (Phi) is 2.89. The van der Waals surface area contributed by atoms with Crippen LogP contribution in [0.3, 0.4) is 0 Å². The molecule has 0 spiro atoms. The number of aromatic nitrogens is 2. The highest BCUT2D eigenvalue weighted by Gasteiger charge is 2.18. The van der Waals surface area contributed by atoms with Crippen LogP contribution in [0.1, 0.15) is 41.1 Å². The van der Waals surface area contributed by atoms with Crippen molar-refractivity contribution in [3.05, 3.63) is 181 Å². The third kappa shape index (κ3) is 5.27. The Hall–Kier alpha value is -6.42. The van der Waals surface area contributed by atoms with Gasteiger partial charge >= 0.3 is 0 Å². The number of thiophene rings is 1. The third-order valence-electron chi connectivity index (χ3n) is 7.62. The average Bonchev–Trinajstić information content (AvgIpc) is 4.06. The standard InChI is InChI=1S/C48H30N2S/c1-3-11-31(12-4-1)38-25-26-40-41(28-38)43(29-42-39-17-9-10-18-46(39)51-47(40)42)48-49-44(34-14-5-2-6-15-34)30-45(50-48)35-22-19-33(20-23-35)37-24-21-32-13-7-8-16-36(32)27-37/h1-30H/i1D,2D,3D,4D,5D,6D,7D,8D,9D,10D,11D,12D,13D,14D,15D,16D,17D,18D,19D,20D,21D,22D,23D,24D,25D,26D,27D,28D,29D,30D. The molecule has 0 saturated carbocycles. The summed E-state index contributed by atoms with van der Waals surface area (Å²) in [5, 5.41) is -2.98. The number of fused-ring (bicyclic) bond motifs is 6. The predicted molar refractivity (Wildman–Crippen MR) is 217 cm³/mol. The zero-order valence-corrected chi connectivity index (χ0v) is 26.1. The fourth-order valence-corrected chi connectivity index (χ4v) is 6.39. The average molecular weight is 697 g/mol. The van der Waals surface area contributed by atoms with Gasteiger partial charge in [0.1, 0.15) is 0 Å². The van der Waals surface area contributed by atoms with Gasteiger partial charge in [-0.15, -0.1) is 11.3 Å². The molecule has 0 aliphatic heterocycles. The van der Waals surface area contributed by atoms with Crippen molar-refractivity contribution >= 4 is 53.1 Å². The zero-order chi connectivity index (χ0) is 59.8. The first kappa shape index (κ1) is 12.1. The Labute approximate surface area is 342 Å². The van der Waals surface area contributed by atoms with Crippen LogP contribution in [0, 0.1) is 0 Å². The Balaban J connectivity index is 1.44. The summed E-state index contributed by atoms with van der Waals surface area (Å²) in [5.41, 5.74) is -7.62. The highest BCUT2D eigenvalue weighted by molar-refractivity contribution is 7.26. The number of rotatable bonds is 5. The van der Waals surface area contributed by atoms with Crippen molar-refractivity contribution in [1.29, 1.82) is 0 Å². The van der Waals surface area contributed by atoms with Crippen molar-refractivity contribution in [2.45, 2.75) is 0 Å². The monoisotopic (exact) mass is 696 g/mol. The lowest BCUT2D eigenvalue weighted by atomic mass is 9.95. The van der Waals surface area contributed by atoms with Gasteiger partial charge in [-0.1, -0.05) is 151 Å². The van der Waals surface area contributed by atoms with E-state index in [0.29, 0.717) is 11.3 Å². The van der Waals surface area contributed by atoms with Crippen LogP contribution in [0.2, 0.25) is 0 Å². The SMILES string of the molecule is [2H]c1c(-c2c([2H])c([2H])c([2H])c([2H])c2[2H])nc(-c2c([2H])c3c(sc4c([2H])c([2H])c([2H])c([2H])c43)c3c([2H])c([2H])c(-c4c([2H])c([2H])c([2H])c([2H])c4[2H])c([2H])c23)nc1-c1c([2H])c([2H])c(-c2c([2H])c([2H])c3c([2H])c([2H])c([2H])c([2H])c3c2[2H])c([2H])c1[2H]. The molecule has 10 rings (SSSR count). The molecule has 0 N–H and O–H groups in total. The number of hydrogen-bond donors (Lipinski definition) is 0. The summed E-state index contributed by atoms with van der Waals surface area (Å²) in [6, 6.07) is -27.3. The summed E-state index contributed by atoms with van der Waals surface area (Å²) >= 11 is 0.620. The fourth-order valence-electron chi connectivity index (χ4n) is 5.32. The molecule has 2 nitrogen and oxygen atoms in total. The van der Waals surface area contributed by atoms with Gasteiger partial charge in [0.05, 0.1) is 52.5 Å². The summed E-state index contributed by atoms with van der Waals surface area (Å²) in [4.78, 5) is 9.00. The number of nitrogens with zero attached hydrogens (tertiary/aromatic N) is 2. The van der Waals surface area contributed by atoms with E-state index in [-0.39, 0.29) is 20.2 Å². The van der Waals surface area contributed by atoms with Crippen molar-refractivity contribution in [2.75, 3.05) is 0 Å².